The van der Waals surface area contributed by atoms with Crippen LogP contribution in [0.3, 0.4) is 0 Å². The number of hydrogen-bond donors (Lipinski definition) is 1. The third-order valence-electron chi connectivity index (χ3n) is 2.94. The van der Waals surface area contributed by atoms with E-state index >= 15 is 0 Å². The Morgan fingerprint density at radius 1 is 1.38 bits per heavy atom. The Kier molecular flexibility index (Phi) is 3.13. The number of carbonyl (C=O) groups is 1. The second kappa shape index (κ2) is 4.56. The van der Waals surface area contributed by atoms with E-state index in [-0.39, 0.29) is 5.91 Å². The van der Waals surface area contributed by atoms with Gasteiger partial charge in [0, 0.05) is 24.7 Å². The summed E-state index contributed by atoms with van der Waals surface area (Å²) in [6.07, 6.45) is 2.90. The van der Waals surface area contributed by atoms with Gasteiger partial charge in [0.1, 0.15) is 0 Å². The van der Waals surface area contributed by atoms with Gasteiger partial charge in [-0.05, 0) is 30.5 Å². The van der Waals surface area contributed by atoms with Gasteiger partial charge in [0.25, 0.3) is 0 Å². The van der Waals surface area contributed by atoms with Gasteiger partial charge in [-0.25, -0.2) is 0 Å². The second-order valence-electron chi connectivity index (χ2n) is 4.35. The third-order valence-corrected chi connectivity index (χ3v) is 2.94. The maximum atomic E-state index is 11.8. The van der Waals surface area contributed by atoms with Crippen LogP contribution in [0, 0.1) is 0 Å². The molecule has 1 aliphatic carbocycles. The summed E-state index contributed by atoms with van der Waals surface area (Å²) in [5.41, 5.74) is 7.56. The largest absolute Gasteiger partial charge is 0.399 e. The molecule has 0 unspecified atom stereocenters. The molecule has 0 spiro atoms. The van der Waals surface area contributed by atoms with Crippen LogP contribution < -0.4 is 5.73 Å². The Hall–Kier alpha value is -1.51. The number of anilines is 1. The Balaban J connectivity index is 2.05. The molecule has 0 radical (unpaired) electrons. The van der Waals surface area contributed by atoms with Crippen molar-refractivity contribution in [1.29, 1.82) is 0 Å². The molecule has 3 nitrogen and oxygen atoms in total. The van der Waals surface area contributed by atoms with Gasteiger partial charge in [0.05, 0.1) is 0 Å². The van der Waals surface area contributed by atoms with Crippen LogP contribution in [0.4, 0.5) is 5.69 Å². The molecule has 0 aromatic heterocycles. The standard InChI is InChI=1S/C13H18N2O/c1-2-13(16)15(12-7-8-12)9-10-3-5-11(14)6-4-10/h3-6,12H,2,7-9,14H2,1H3. The molecule has 0 aliphatic heterocycles. The van der Waals surface area contributed by atoms with E-state index in [0.717, 1.165) is 30.6 Å². The minimum absolute atomic E-state index is 0.249. The monoisotopic (exact) mass is 218 g/mol. The highest BCUT2D eigenvalue weighted by Crippen LogP contribution is 2.29. The zero-order valence-corrected chi connectivity index (χ0v) is 9.65. The molecule has 1 aromatic rings. The molecule has 1 amide bonds. The Morgan fingerprint density at radius 3 is 2.50 bits per heavy atom. The van der Waals surface area contributed by atoms with Gasteiger partial charge in [0.2, 0.25) is 5.91 Å². The fourth-order valence-corrected chi connectivity index (χ4v) is 1.83. The Morgan fingerprint density at radius 2 is 2.00 bits per heavy atom. The van der Waals surface area contributed by atoms with Crippen molar-refractivity contribution in [3.63, 3.8) is 0 Å². The smallest absolute Gasteiger partial charge is 0.222 e. The lowest BCUT2D eigenvalue weighted by molar-refractivity contribution is -0.132. The van der Waals surface area contributed by atoms with Crippen molar-refractivity contribution in [1.82, 2.24) is 4.90 Å². The number of nitrogens with zero attached hydrogens (tertiary/aromatic N) is 1. The molecular formula is C13H18N2O. The van der Waals surface area contributed by atoms with Gasteiger partial charge in [-0.3, -0.25) is 4.79 Å². The molecule has 16 heavy (non-hydrogen) atoms. The minimum Gasteiger partial charge on any atom is -0.399 e. The quantitative estimate of drug-likeness (QED) is 0.787. The van der Waals surface area contributed by atoms with Crippen LogP contribution in [0.1, 0.15) is 31.7 Å². The second-order valence-corrected chi connectivity index (χ2v) is 4.35. The number of nitrogen functional groups attached to an aromatic ring is 1. The molecule has 2 N–H and O–H groups in total. The summed E-state index contributed by atoms with van der Waals surface area (Å²) < 4.78 is 0. The first-order chi connectivity index (χ1) is 7.70. The van der Waals surface area contributed by atoms with Crippen LogP contribution in [0.5, 0.6) is 0 Å². The van der Waals surface area contributed by atoms with Crippen LogP contribution in [0.15, 0.2) is 24.3 Å². The summed E-state index contributed by atoms with van der Waals surface area (Å²) in [4.78, 5) is 13.8. The molecule has 0 saturated heterocycles. The van der Waals surface area contributed by atoms with Crippen molar-refractivity contribution in [3.8, 4) is 0 Å². The van der Waals surface area contributed by atoms with Crippen molar-refractivity contribution >= 4 is 11.6 Å². The molecule has 1 saturated carbocycles. The number of nitrogens with two attached hydrogens (primary N) is 1. The molecule has 86 valence electrons. The van der Waals surface area contributed by atoms with Crippen molar-refractivity contribution in [2.24, 2.45) is 0 Å². The predicted molar refractivity (Wildman–Crippen MR) is 64.7 cm³/mol. The first-order valence-corrected chi connectivity index (χ1v) is 5.84. The van der Waals surface area contributed by atoms with E-state index in [1.807, 2.05) is 36.1 Å². The van der Waals surface area contributed by atoms with Crippen LogP contribution in [0.25, 0.3) is 0 Å². The summed E-state index contributed by atoms with van der Waals surface area (Å²) in [6.45, 7) is 2.64. The molecule has 3 heteroatoms. The molecular weight excluding hydrogens is 200 g/mol. The zero-order chi connectivity index (χ0) is 11.5. The molecule has 0 bridgehead atoms. The highest BCUT2D eigenvalue weighted by molar-refractivity contribution is 5.76. The first-order valence-electron chi connectivity index (χ1n) is 5.84. The molecule has 1 fully saturated rings. The maximum Gasteiger partial charge on any atom is 0.222 e. The topological polar surface area (TPSA) is 46.3 Å². The highest BCUT2D eigenvalue weighted by atomic mass is 16.2. The predicted octanol–water partition coefficient (Wildman–Crippen LogP) is 2.17. The van der Waals surface area contributed by atoms with Gasteiger partial charge in [-0.2, -0.15) is 0 Å². The van der Waals surface area contributed by atoms with Crippen LogP contribution >= 0.6 is 0 Å². The summed E-state index contributed by atoms with van der Waals surface area (Å²) in [5.74, 6) is 0.249. The summed E-state index contributed by atoms with van der Waals surface area (Å²) in [6, 6.07) is 8.24. The van der Waals surface area contributed by atoms with E-state index in [1.54, 1.807) is 0 Å². The molecule has 0 heterocycles. The number of carbonyl (C=O) groups excluding carboxylic acids is 1. The fourth-order valence-electron chi connectivity index (χ4n) is 1.83. The van der Waals surface area contributed by atoms with Crippen LogP contribution in [0.2, 0.25) is 0 Å². The van der Waals surface area contributed by atoms with Crippen molar-refractivity contribution in [3.05, 3.63) is 29.8 Å². The SMILES string of the molecule is CCC(=O)N(Cc1ccc(N)cc1)C1CC1. The Labute approximate surface area is 96.2 Å². The van der Waals surface area contributed by atoms with E-state index in [9.17, 15) is 4.79 Å². The molecule has 2 rings (SSSR count). The summed E-state index contributed by atoms with van der Waals surface area (Å²) >= 11 is 0. The van der Waals surface area contributed by atoms with Gasteiger partial charge in [-0.1, -0.05) is 19.1 Å². The van der Waals surface area contributed by atoms with E-state index in [0.29, 0.717) is 12.5 Å². The Bertz CT molecular complexity index is 368. The fraction of sp³-hybridized carbons (Fsp3) is 0.462. The number of rotatable bonds is 4. The van der Waals surface area contributed by atoms with E-state index in [2.05, 4.69) is 0 Å². The van der Waals surface area contributed by atoms with E-state index < -0.39 is 0 Å². The van der Waals surface area contributed by atoms with Crippen molar-refractivity contribution in [2.75, 3.05) is 5.73 Å². The lowest BCUT2D eigenvalue weighted by Gasteiger charge is -2.22. The average Bonchev–Trinajstić information content (AvgIpc) is 3.11. The molecule has 1 aliphatic rings. The van der Waals surface area contributed by atoms with Crippen molar-refractivity contribution < 1.29 is 4.79 Å². The first kappa shape index (κ1) is 11.0. The molecule has 1 aromatic carbocycles. The van der Waals surface area contributed by atoms with E-state index in [1.165, 1.54) is 0 Å². The van der Waals surface area contributed by atoms with Gasteiger partial charge < -0.3 is 10.6 Å². The van der Waals surface area contributed by atoms with Gasteiger partial charge in [0.15, 0.2) is 0 Å². The third kappa shape index (κ3) is 2.54. The average molecular weight is 218 g/mol. The lowest BCUT2D eigenvalue weighted by atomic mass is 10.2. The normalized spacial score (nSPS) is 14.8. The molecule has 0 atom stereocenters. The minimum atomic E-state index is 0.249. The van der Waals surface area contributed by atoms with Crippen LogP contribution in [-0.2, 0) is 11.3 Å². The van der Waals surface area contributed by atoms with Gasteiger partial charge in [-0.15, -0.1) is 0 Å². The summed E-state index contributed by atoms with van der Waals surface area (Å²) in [7, 11) is 0. The van der Waals surface area contributed by atoms with E-state index in [4.69, 9.17) is 5.73 Å². The van der Waals surface area contributed by atoms with Crippen molar-refractivity contribution in [2.45, 2.75) is 38.8 Å². The number of benzene rings is 1. The maximum absolute atomic E-state index is 11.8. The number of amides is 1. The van der Waals surface area contributed by atoms with Gasteiger partial charge >= 0.3 is 0 Å². The van der Waals surface area contributed by atoms with Crippen LogP contribution in [-0.4, -0.2) is 16.8 Å². The summed E-state index contributed by atoms with van der Waals surface area (Å²) in [5, 5.41) is 0. The number of hydrogen-bond acceptors (Lipinski definition) is 2. The zero-order valence-electron chi connectivity index (χ0n) is 9.65. The highest BCUT2D eigenvalue weighted by Gasteiger charge is 2.31. The lowest BCUT2D eigenvalue weighted by Crippen LogP contribution is -2.31.